The molecule has 1 atom stereocenters. The topological polar surface area (TPSA) is 34.4 Å². The number of furan rings is 1. The molecule has 0 spiro atoms. The van der Waals surface area contributed by atoms with Crippen molar-refractivity contribution in [3.05, 3.63) is 52.4 Å². The molecule has 1 aromatic carbocycles. The minimum absolute atomic E-state index is 0.232. The Labute approximate surface area is 128 Å². The molecular formula is C14H13BrF3NO2. The van der Waals surface area contributed by atoms with Crippen LogP contribution in [0, 0.1) is 0 Å². The number of hydrogen-bond donors (Lipinski definition) is 1. The molecule has 0 aliphatic rings. The molecule has 3 nitrogen and oxygen atoms in total. The number of ether oxygens (including phenoxy) is 1. The van der Waals surface area contributed by atoms with Crippen LogP contribution in [0.2, 0.25) is 0 Å². The van der Waals surface area contributed by atoms with E-state index in [2.05, 4.69) is 26.0 Å². The van der Waals surface area contributed by atoms with Crippen molar-refractivity contribution in [1.82, 2.24) is 5.32 Å². The molecule has 0 aliphatic heterocycles. The molecule has 21 heavy (non-hydrogen) atoms. The minimum Gasteiger partial charge on any atom is -0.457 e. The zero-order valence-corrected chi connectivity index (χ0v) is 12.7. The van der Waals surface area contributed by atoms with E-state index in [1.165, 1.54) is 18.4 Å². The Hall–Kier alpha value is -1.47. The van der Waals surface area contributed by atoms with Crippen molar-refractivity contribution in [3.8, 4) is 5.75 Å². The van der Waals surface area contributed by atoms with Crippen LogP contribution in [0.1, 0.15) is 24.1 Å². The van der Waals surface area contributed by atoms with Gasteiger partial charge in [-0.2, -0.15) is 0 Å². The quantitative estimate of drug-likeness (QED) is 0.840. The van der Waals surface area contributed by atoms with Crippen LogP contribution in [0.15, 0.2) is 45.7 Å². The fourth-order valence-electron chi connectivity index (χ4n) is 2.04. The summed E-state index contributed by atoms with van der Waals surface area (Å²) in [6.07, 6.45) is -3.27. The maximum atomic E-state index is 12.5. The SMILES string of the molecule is CCNC(c1ccccc1OC(F)(F)F)c1ccoc1Br. The number of rotatable bonds is 5. The van der Waals surface area contributed by atoms with Crippen LogP contribution in [-0.2, 0) is 0 Å². The Kier molecular flexibility index (Phi) is 4.95. The van der Waals surface area contributed by atoms with E-state index in [0.717, 1.165) is 0 Å². The van der Waals surface area contributed by atoms with Crippen molar-refractivity contribution in [2.24, 2.45) is 0 Å². The number of hydrogen-bond acceptors (Lipinski definition) is 3. The molecule has 114 valence electrons. The lowest BCUT2D eigenvalue weighted by atomic mass is 10.00. The van der Waals surface area contributed by atoms with E-state index in [1.807, 2.05) is 6.92 Å². The molecule has 0 radical (unpaired) electrons. The molecule has 1 aromatic heterocycles. The lowest BCUT2D eigenvalue weighted by Gasteiger charge is -2.21. The van der Waals surface area contributed by atoms with Gasteiger partial charge < -0.3 is 14.5 Å². The lowest BCUT2D eigenvalue weighted by molar-refractivity contribution is -0.275. The molecular weight excluding hydrogens is 351 g/mol. The number of alkyl halides is 3. The van der Waals surface area contributed by atoms with Gasteiger partial charge in [-0.05, 0) is 34.6 Å². The van der Waals surface area contributed by atoms with Gasteiger partial charge in [0.25, 0.3) is 0 Å². The van der Waals surface area contributed by atoms with Crippen LogP contribution >= 0.6 is 15.9 Å². The highest BCUT2D eigenvalue weighted by Crippen LogP contribution is 2.36. The zero-order valence-electron chi connectivity index (χ0n) is 11.1. The van der Waals surface area contributed by atoms with Gasteiger partial charge in [-0.3, -0.25) is 0 Å². The third-order valence-electron chi connectivity index (χ3n) is 2.82. The Morgan fingerprint density at radius 2 is 1.95 bits per heavy atom. The summed E-state index contributed by atoms with van der Waals surface area (Å²) >= 11 is 3.25. The monoisotopic (exact) mass is 363 g/mol. The first-order valence-corrected chi connectivity index (χ1v) is 7.02. The summed E-state index contributed by atoms with van der Waals surface area (Å²) in [5.74, 6) is -0.232. The van der Waals surface area contributed by atoms with E-state index >= 15 is 0 Å². The van der Waals surface area contributed by atoms with Gasteiger partial charge in [-0.25, -0.2) is 0 Å². The van der Waals surface area contributed by atoms with Crippen molar-refractivity contribution >= 4 is 15.9 Å². The Morgan fingerprint density at radius 3 is 2.52 bits per heavy atom. The van der Waals surface area contributed by atoms with Crippen molar-refractivity contribution in [3.63, 3.8) is 0 Å². The predicted octanol–water partition coefficient (Wildman–Crippen LogP) is 4.64. The van der Waals surface area contributed by atoms with Crippen LogP contribution in [0.4, 0.5) is 13.2 Å². The van der Waals surface area contributed by atoms with Crippen LogP contribution in [0.3, 0.4) is 0 Å². The summed E-state index contributed by atoms with van der Waals surface area (Å²) in [6, 6.07) is 7.27. The Bertz CT molecular complexity index is 598. The van der Waals surface area contributed by atoms with E-state index in [4.69, 9.17) is 4.42 Å². The van der Waals surface area contributed by atoms with Crippen molar-refractivity contribution in [2.45, 2.75) is 19.3 Å². The first kappa shape index (κ1) is 15.9. The standard InChI is InChI=1S/C14H13BrF3NO2/c1-2-19-12(10-7-8-20-13(10)15)9-5-3-4-6-11(9)21-14(16,17)18/h3-8,12,19H,2H2,1H3. The Morgan fingerprint density at radius 1 is 1.24 bits per heavy atom. The smallest absolute Gasteiger partial charge is 0.457 e. The molecule has 0 amide bonds. The lowest BCUT2D eigenvalue weighted by Crippen LogP contribution is -2.24. The van der Waals surface area contributed by atoms with Gasteiger partial charge in [0, 0.05) is 11.1 Å². The number of nitrogens with one attached hydrogen (secondary N) is 1. The molecule has 7 heteroatoms. The molecule has 0 fully saturated rings. The third-order valence-corrected chi connectivity index (χ3v) is 3.47. The summed E-state index contributed by atoms with van der Waals surface area (Å²) in [6.45, 7) is 2.44. The first-order valence-electron chi connectivity index (χ1n) is 6.23. The molecule has 0 aliphatic carbocycles. The fourth-order valence-corrected chi connectivity index (χ4v) is 2.51. The van der Waals surface area contributed by atoms with Crippen molar-refractivity contribution in [1.29, 1.82) is 0 Å². The van der Waals surface area contributed by atoms with E-state index in [9.17, 15) is 13.2 Å². The second kappa shape index (κ2) is 6.53. The van der Waals surface area contributed by atoms with E-state index in [1.54, 1.807) is 18.2 Å². The van der Waals surface area contributed by atoms with E-state index in [0.29, 0.717) is 22.3 Å². The second-order valence-electron chi connectivity index (χ2n) is 4.23. The molecule has 0 saturated carbocycles. The summed E-state index contributed by atoms with van der Waals surface area (Å²) < 4.78 is 47.3. The maximum absolute atomic E-state index is 12.5. The molecule has 1 N–H and O–H groups in total. The summed E-state index contributed by atoms with van der Waals surface area (Å²) in [5.41, 5.74) is 1.09. The largest absolute Gasteiger partial charge is 0.573 e. The van der Waals surface area contributed by atoms with Crippen LogP contribution in [0.25, 0.3) is 0 Å². The molecule has 0 saturated heterocycles. The van der Waals surface area contributed by atoms with Gasteiger partial charge in [-0.1, -0.05) is 25.1 Å². The molecule has 0 bridgehead atoms. The van der Waals surface area contributed by atoms with Crippen molar-refractivity contribution < 1.29 is 22.3 Å². The van der Waals surface area contributed by atoms with Gasteiger partial charge in [0.1, 0.15) is 5.75 Å². The van der Waals surface area contributed by atoms with E-state index < -0.39 is 12.4 Å². The fraction of sp³-hybridized carbons (Fsp3) is 0.286. The third kappa shape index (κ3) is 4.01. The van der Waals surface area contributed by atoms with Gasteiger partial charge in [0.2, 0.25) is 0 Å². The maximum Gasteiger partial charge on any atom is 0.573 e. The molecule has 2 rings (SSSR count). The first-order chi connectivity index (χ1) is 9.92. The zero-order chi connectivity index (χ0) is 15.5. The minimum atomic E-state index is -4.74. The second-order valence-corrected chi connectivity index (χ2v) is 4.95. The number of para-hydroxylation sites is 1. The van der Waals surface area contributed by atoms with Gasteiger partial charge in [0.05, 0.1) is 12.3 Å². The van der Waals surface area contributed by atoms with Crippen molar-refractivity contribution in [2.75, 3.05) is 6.54 Å². The predicted molar refractivity (Wildman–Crippen MR) is 75.1 cm³/mol. The van der Waals surface area contributed by atoms with Crippen LogP contribution in [-0.4, -0.2) is 12.9 Å². The Balaban J connectivity index is 2.44. The normalized spacial score (nSPS) is 13.2. The van der Waals surface area contributed by atoms with Crippen LogP contribution in [0.5, 0.6) is 5.75 Å². The average Bonchev–Trinajstić information content (AvgIpc) is 2.81. The van der Waals surface area contributed by atoms with Gasteiger partial charge >= 0.3 is 6.36 Å². The highest BCUT2D eigenvalue weighted by atomic mass is 79.9. The van der Waals surface area contributed by atoms with Crippen LogP contribution < -0.4 is 10.1 Å². The molecule has 1 heterocycles. The number of benzene rings is 1. The van der Waals surface area contributed by atoms with Gasteiger partial charge in [-0.15, -0.1) is 13.2 Å². The average molecular weight is 364 g/mol. The number of halogens is 4. The molecule has 1 unspecified atom stereocenters. The summed E-state index contributed by atoms with van der Waals surface area (Å²) in [5, 5.41) is 3.13. The van der Waals surface area contributed by atoms with E-state index in [-0.39, 0.29) is 5.75 Å². The highest BCUT2D eigenvalue weighted by molar-refractivity contribution is 9.10. The summed E-state index contributed by atoms with van der Waals surface area (Å²) in [7, 11) is 0. The highest BCUT2D eigenvalue weighted by Gasteiger charge is 2.33. The molecule has 2 aromatic rings. The summed E-state index contributed by atoms with van der Waals surface area (Å²) in [4.78, 5) is 0. The van der Waals surface area contributed by atoms with Gasteiger partial charge in [0.15, 0.2) is 4.67 Å².